The van der Waals surface area contributed by atoms with Crippen LogP contribution in [-0.2, 0) is 9.53 Å². The number of benzene rings is 1. The Labute approximate surface area is 149 Å². The van der Waals surface area contributed by atoms with Crippen LogP contribution in [0.1, 0.15) is 50.2 Å². The van der Waals surface area contributed by atoms with Gasteiger partial charge in [0.05, 0.1) is 13.0 Å². The summed E-state index contributed by atoms with van der Waals surface area (Å²) in [7, 11) is 1.43. The van der Waals surface area contributed by atoms with Crippen LogP contribution in [0.25, 0.3) is 0 Å². The van der Waals surface area contributed by atoms with Gasteiger partial charge in [0.1, 0.15) is 0 Å². The number of hydrogen-bond acceptors (Lipinski definition) is 4. The first-order chi connectivity index (χ1) is 11.5. The molecule has 2 unspecified atom stereocenters. The highest BCUT2D eigenvalue weighted by atomic mass is 32.2. The number of esters is 1. The molecule has 0 bridgehead atoms. The fraction of sp³-hybridized carbons (Fsp3) is 0.579. The third-order valence-corrected chi connectivity index (χ3v) is 4.70. The minimum atomic E-state index is -0.240. The molecule has 1 aromatic rings. The lowest BCUT2D eigenvalue weighted by Gasteiger charge is -2.23. The smallest absolute Gasteiger partial charge is 0.309 e. The number of hydrogen-bond donors (Lipinski definition) is 0. The standard InChI is InChI=1S/C19H28FNO2S/c1-5-17(21-11-6-12-24-20)13-18(15(3)19(22)23-4)16-9-7-14(2)8-10-16/h7-10,15,18H,5-6,11-13H2,1-4H3/b21-17+. The average Bonchev–Trinajstić information content (AvgIpc) is 2.61. The van der Waals surface area contributed by atoms with Gasteiger partial charge in [-0.1, -0.05) is 43.7 Å². The molecule has 0 saturated heterocycles. The van der Waals surface area contributed by atoms with Crippen LogP contribution in [0.15, 0.2) is 29.3 Å². The van der Waals surface area contributed by atoms with Crippen molar-refractivity contribution in [3.63, 3.8) is 0 Å². The fourth-order valence-corrected chi connectivity index (χ4v) is 2.92. The van der Waals surface area contributed by atoms with Crippen LogP contribution < -0.4 is 0 Å². The molecule has 0 N–H and O–H groups in total. The van der Waals surface area contributed by atoms with E-state index in [0.717, 1.165) is 30.5 Å². The Morgan fingerprint density at radius 3 is 2.54 bits per heavy atom. The van der Waals surface area contributed by atoms with Crippen LogP contribution in [0.2, 0.25) is 0 Å². The van der Waals surface area contributed by atoms with E-state index in [9.17, 15) is 8.68 Å². The van der Waals surface area contributed by atoms with E-state index in [2.05, 4.69) is 36.2 Å². The fourth-order valence-electron chi connectivity index (χ4n) is 2.68. The molecule has 0 radical (unpaired) electrons. The molecule has 0 fully saturated rings. The van der Waals surface area contributed by atoms with E-state index >= 15 is 0 Å². The van der Waals surface area contributed by atoms with Gasteiger partial charge in [-0.25, -0.2) is 0 Å². The first-order valence-electron chi connectivity index (χ1n) is 8.43. The largest absolute Gasteiger partial charge is 0.469 e. The second kappa shape index (κ2) is 11.2. The van der Waals surface area contributed by atoms with E-state index in [4.69, 9.17) is 4.74 Å². The van der Waals surface area contributed by atoms with Crippen molar-refractivity contribution in [2.75, 3.05) is 19.4 Å². The molecule has 0 spiro atoms. The molecule has 0 aromatic heterocycles. The topological polar surface area (TPSA) is 38.7 Å². The second-order valence-corrected chi connectivity index (χ2v) is 6.63. The van der Waals surface area contributed by atoms with Gasteiger partial charge in [-0.3, -0.25) is 9.79 Å². The Bertz CT molecular complexity index is 531. The summed E-state index contributed by atoms with van der Waals surface area (Å²) in [6, 6.07) is 8.28. The molecule has 0 amide bonds. The van der Waals surface area contributed by atoms with Crippen molar-refractivity contribution < 1.29 is 13.4 Å². The Kier molecular flexibility index (Phi) is 9.69. The maximum atomic E-state index is 12.1. The van der Waals surface area contributed by atoms with E-state index in [1.807, 2.05) is 13.8 Å². The molecule has 0 aliphatic heterocycles. The maximum absolute atomic E-state index is 12.1. The maximum Gasteiger partial charge on any atom is 0.309 e. The van der Waals surface area contributed by atoms with Gasteiger partial charge < -0.3 is 4.74 Å². The molecule has 2 atom stereocenters. The van der Waals surface area contributed by atoms with Crippen LogP contribution in [0.5, 0.6) is 0 Å². The molecule has 0 heterocycles. The molecular weight excluding hydrogens is 325 g/mol. The average molecular weight is 354 g/mol. The van der Waals surface area contributed by atoms with E-state index < -0.39 is 0 Å². The number of methoxy groups -OCH3 is 1. The van der Waals surface area contributed by atoms with E-state index in [1.165, 1.54) is 12.7 Å². The van der Waals surface area contributed by atoms with Crippen molar-refractivity contribution in [1.29, 1.82) is 0 Å². The van der Waals surface area contributed by atoms with E-state index in [-0.39, 0.29) is 17.8 Å². The number of aliphatic imine (C=N–C) groups is 1. The van der Waals surface area contributed by atoms with Gasteiger partial charge in [0.2, 0.25) is 0 Å². The molecule has 1 aromatic carbocycles. The van der Waals surface area contributed by atoms with Crippen LogP contribution in [0.3, 0.4) is 0 Å². The van der Waals surface area contributed by atoms with Gasteiger partial charge in [0, 0.05) is 36.1 Å². The zero-order valence-corrected chi connectivity index (χ0v) is 15.9. The molecule has 24 heavy (non-hydrogen) atoms. The van der Waals surface area contributed by atoms with Crippen molar-refractivity contribution in [3.8, 4) is 0 Å². The molecule has 1 rings (SSSR count). The van der Waals surface area contributed by atoms with Crippen LogP contribution in [0, 0.1) is 12.8 Å². The third kappa shape index (κ3) is 6.63. The third-order valence-electron chi connectivity index (χ3n) is 4.26. The molecule has 3 nitrogen and oxygen atoms in total. The number of rotatable bonds is 10. The van der Waals surface area contributed by atoms with Gasteiger partial charge in [-0.15, -0.1) is 0 Å². The highest BCUT2D eigenvalue weighted by molar-refractivity contribution is 7.94. The summed E-state index contributed by atoms with van der Waals surface area (Å²) in [5.41, 5.74) is 3.38. The van der Waals surface area contributed by atoms with Crippen molar-refractivity contribution in [2.45, 2.75) is 46.0 Å². The molecule has 0 saturated carbocycles. The summed E-state index contributed by atoms with van der Waals surface area (Å²) in [4.78, 5) is 16.7. The number of nitrogens with zero attached hydrogens (tertiary/aromatic N) is 1. The van der Waals surface area contributed by atoms with Crippen LogP contribution in [-0.4, -0.2) is 31.1 Å². The Morgan fingerprint density at radius 2 is 2.00 bits per heavy atom. The molecule has 5 heteroatoms. The first kappa shape index (κ1) is 20.7. The summed E-state index contributed by atoms with van der Waals surface area (Å²) in [6.45, 7) is 6.65. The van der Waals surface area contributed by atoms with Gasteiger partial charge in [-0.05, 0) is 31.7 Å². The quantitative estimate of drug-likeness (QED) is 0.332. The number of carbonyl (C=O) groups is 1. The minimum absolute atomic E-state index is 0.0345. The second-order valence-electron chi connectivity index (χ2n) is 6.00. The predicted molar refractivity (Wildman–Crippen MR) is 100 cm³/mol. The van der Waals surface area contributed by atoms with Crippen molar-refractivity contribution in [3.05, 3.63) is 35.4 Å². The Balaban J connectivity index is 2.95. The zero-order valence-electron chi connectivity index (χ0n) is 15.0. The van der Waals surface area contributed by atoms with Crippen molar-refractivity contribution in [2.24, 2.45) is 10.9 Å². The van der Waals surface area contributed by atoms with E-state index in [1.54, 1.807) is 0 Å². The lowest BCUT2D eigenvalue weighted by molar-refractivity contribution is -0.145. The highest BCUT2D eigenvalue weighted by Crippen LogP contribution is 2.30. The summed E-state index contributed by atoms with van der Waals surface area (Å²) in [5.74, 6) is 0.0634. The summed E-state index contributed by atoms with van der Waals surface area (Å²) in [6.07, 6.45) is 2.28. The molecule has 134 valence electrons. The molecule has 0 aliphatic rings. The van der Waals surface area contributed by atoms with Crippen LogP contribution >= 0.6 is 12.1 Å². The monoisotopic (exact) mass is 353 g/mol. The number of ether oxygens (including phenoxy) is 1. The Hall–Kier alpha value is -1.36. The van der Waals surface area contributed by atoms with Gasteiger partial charge in [0.25, 0.3) is 0 Å². The van der Waals surface area contributed by atoms with Crippen molar-refractivity contribution >= 4 is 23.8 Å². The zero-order chi connectivity index (χ0) is 17.9. The van der Waals surface area contributed by atoms with Crippen LogP contribution in [0.4, 0.5) is 3.89 Å². The molecule has 0 aliphatic carbocycles. The SMILES string of the molecule is CC/C(CC(c1ccc(C)cc1)C(C)C(=O)OC)=N\CCCSF. The highest BCUT2D eigenvalue weighted by Gasteiger charge is 2.27. The summed E-state index contributed by atoms with van der Waals surface area (Å²) < 4.78 is 17.1. The molecular formula is C19H28FNO2S. The lowest BCUT2D eigenvalue weighted by atomic mass is 9.82. The summed E-state index contributed by atoms with van der Waals surface area (Å²) in [5, 5.41) is 0. The summed E-state index contributed by atoms with van der Waals surface area (Å²) >= 11 is 0.354. The van der Waals surface area contributed by atoms with Gasteiger partial charge in [0.15, 0.2) is 0 Å². The van der Waals surface area contributed by atoms with Crippen molar-refractivity contribution in [1.82, 2.24) is 0 Å². The number of aryl methyl sites for hydroxylation is 1. The number of carbonyl (C=O) groups excluding carboxylic acids is 1. The normalized spacial score (nSPS) is 14.3. The van der Waals surface area contributed by atoms with Gasteiger partial charge >= 0.3 is 5.97 Å². The van der Waals surface area contributed by atoms with Gasteiger partial charge in [-0.2, -0.15) is 3.89 Å². The minimum Gasteiger partial charge on any atom is -0.469 e. The Morgan fingerprint density at radius 1 is 1.33 bits per heavy atom. The predicted octanol–water partition coefficient (Wildman–Crippen LogP) is 5.14. The first-order valence-corrected chi connectivity index (χ1v) is 9.32. The lowest BCUT2D eigenvalue weighted by Crippen LogP contribution is -2.23. The van der Waals surface area contributed by atoms with E-state index in [0.29, 0.717) is 24.4 Å². The number of halogens is 1.